The molecule has 1 N–H and O–H groups in total. The van der Waals surface area contributed by atoms with Gasteiger partial charge in [-0.05, 0) is 24.5 Å². The van der Waals surface area contributed by atoms with E-state index in [-0.39, 0.29) is 12.3 Å². The molecule has 20 heavy (non-hydrogen) atoms. The summed E-state index contributed by atoms with van der Waals surface area (Å²) in [6, 6.07) is 19.1. The molecule has 2 atom stereocenters. The first-order chi connectivity index (χ1) is 9.57. The molecule has 0 aliphatic rings. The van der Waals surface area contributed by atoms with Crippen LogP contribution in [-0.4, -0.2) is 11.1 Å². The largest absolute Gasteiger partial charge is 0.329 e. The molecule has 0 amide bonds. The van der Waals surface area contributed by atoms with E-state index >= 15 is 0 Å². The number of aryl methyl sites for hydroxylation is 1. The van der Waals surface area contributed by atoms with Gasteiger partial charge in [-0.3, -0.25) is 4.57 Å². The zero-order valence-electron chi connectivity index (χ0n) is 11.5. The monoisotopic (exact) mass is 290 g/mol. The second-order valence-corrected chi connectivity index (χ2v) is 6.69. The summed E-state index contributed by atoms with van der Waals surface area (Å²) in [5, 5.41) is 0. The van der Waals surface area contributed by atoms with Crippen LogP contribution in [0.2, 0.25) is 0 Å². The van der Waals surface area contributed by atoms with Gasteiger partial charge in [0.05, 0.1) is 12.3 Å². The third-order valence-electron chi connectivity index (χ3n) is 3.12. The van der Waals surface area contributed by atoms with Gasteiger partial charge in [-0.1, -0.05) is 60.7 Å². The van der Waals surface area contributed by atoms with Gasteiger partial charge in [0.1, 0.15) is 0 Å². The fraction of sp³-hybridized carbons (Fsp3) is 0.250. The molecule has 0 saturated heterocycles. The molecular weight excluding hydrogens is 271 g/mol. The Labute approximate surface area is 119 Å². The molecule has 0 bridgehead atoms. The SMILES string of the molecule is CC(OP(=O)(O)CCc1ccccc1)c1ccccc1. The smallest absolute Gasteiger partial charge is 0.324 e. The van der Waals surface area contributed by atoms with E-state index in [1.807, 2.05) is 60.7 Å². The molecule has 0 fully saturated rings. The maximum atomic E-state index is 12.1. The average Bonchev–Trinajstić information content (AvgIpc) is 2.47. The van der Waals surface area contributed by atoms with Crippen LogP contribution >= 0.6 is 7.60 Å². The van der Waals surface area contributed by atoms with E-state index in [1.165, 1.54) is 0 Å². The fourth-order valence-corrected chi connectivity index (χ4v) is 3.26. The normalized spacial score (nSPS) is 15.5. The van der Waals surface area contributed by atoms with Gasteiger partial charge in [-0.2, -0.15) is 0 Å². The standard InChI is InChI=1S/C16H19O3P/c1-14(16-10-6-3-7-11-16)19-20(17,18)13-12-15-8-4-2-5-9-15/h2-11,14H,12-13H2,1H3,(H,17,18). The maximum Gasteiger partial charge on any atom is 0.329 e. The lowest BCUT2D eigenvalue weighted by Crippen LogP contribution is -2.02. The van der Waals surface area contributed by atoms with Crippen molar-refractivity contribution < 1.29 is 14.0 Å². The minimum absolute atomic E-state index is 0.133. The van der Waals surface area contributed by atoms with Gasteiger partial charge in [0, 0.05) is 0 Å². The Morgan fingerprint density at radius 3 is 2.20 bits per heavy atom. The van der Waals surface area contributed by atoms with Crippen molar-refractivity contribution in [1.29, 1.82) is 0 Å². The summed E-state index contributed by atoms with van der Waals surface area (Å²) in [7, 11) is -3.58. The van der Waals surface area contributed by atoms with Crippen LogP contribution in [0.4, 0.5) is 0 Å². The van der Waals surface area contributed by atoms with Gasteiger partial charge < -0.3 is 9.42 Å². The van der Waals surface area contributed by atoms with Crippen molar-refractivity contribution in [3.63, 3.8) is 0 Å². The third kappa shape index (κ3) is 4.61. The van der Waals surface area contributed by atoms with Crippen LogP contribution in [0.5, 0.6) is 0 Å². The molecule has 0 saturated carbocycles. The Morgan fingerprint density at radius 1 is 1.05 bits per heavy atom. The zero-order valence-corrected chi connectivity index (χ0v) is 12.4. The van der Waals surface area contributed by atoms with Crippen molar-refractivity contribution in [2.45, 2.75) is 19.4 Å². The van der Waals surface area contributed by atoms with E-state index in [2.05, 4.69) is 0 Å². The van der Waals surface area contributed by atoms with Crippen LogP contribution in [0.15, 0.2) is 60.7 Å². The van der Waals surface area contributed by atoms with E-state index in [9.17, 15) is 9.46 Å². The highest BCUT2D eigenvalue weighted by Crippen LogP contribution is 2.46. The lowest BCUT2D eigenvalue weighted by Gasteiger charge is -2.18. The van der Waals surface area contributed by atoms with Crippen molar-refractivity contribution in [2.24, 2.45) is 0 Å². The van der Waals surface area contributed by atoms with Crippen LogP contribution in [-0.2, 0) is 15.5 Å². The number of benzene rings is 2. The summed E-state index contributed by atoms with van der Waals surface area (Å²) in [4.78, 5) is 9.94. The van der Waals surface area contributed by atoms with Crippen LogP contribution in [0, 0.1) is 0 Å². The Hall–Kier alpha value is -1.41. The Morgan fingerprint density at radius 2 is 1.60 bits per heavy atom. The highest BCUT2D eigenvalue weighted by molar-refractivity contribution is 7.52. The van der Waals surface area contributed by atoms with Gasteiger partial charge in [-0.25, -0.2) is 0 Å². The molecule has 0 aliphatic carbocycles. The third-order valence-corrected chi connectivity index (χ3v) is 4.55. The predicted octanol–water partition coefficient (Wildman–Crippen LogP) is 4.19. The summed E-state index contributed by atoms with van der Waals surface area (Å²) < 4.78 is 17.5. The molecule has 106 valence electrons. The molecule has 3 nitrogen and oxygen atoms in total. The molecular formula is C16H19O3P. The van der Waals surface area contributed by atoms with E-state index in [1.54, 1.807) is 6.92 Å². The predicted molar refractivity (Wildman–Crippen MR) is 80.8 cm³/mol. The van der Waals surface area contributed by atoms with Crippen LogP contribution in [0.3, 0.4) is 0 Å². The maximum absolute atomic E-state index is 12.1. The first-order valence-electron chi connectivity index (χ1n) is 6.66. The Kier molecular flexibility index (Phi) is 5.13. The molecule has 0 heterocycles. The molecule has 2 rings (SSSR count). The van der Waals surface area contributed by atoms with E-state index in [4.69, 9.17) is 4.52 Å². The fourth-order valence-electron chi connectivity index (χ4n) is 2.00. The number of hydrogen-bond donors (Lipinski definition) is 1. The highest BCUT2D eigenvalue weighted by Gasteiger charge is 2.23. The van der Waals surface area contributed by atoms with Gasteiger partial charge in [0.2, 0.25) is 0 Å². The zero-order chi connectivity index (χ0) is 14.4. The van der Waals surface area contributed by atoms with Crippen LogP contribution in [0.25, 0.3) is 0 Å². The molecule has 0 radical (unpaired) electrons. The van der Waals surface area contributed by atoms with Gasteiger partial charge >= 0.3 is 7.60 Å². The molecule has 4 heteroatoms. The second-order valence-electron chi connectivity index (χ2n) is 4.75. The minimum atomic E-state index is -3.58. The number of rotatable bonds is 6. The molecule has 2 aromatic carbocycles. The highest BCUT2D eigenvalue weighted by atomic mass is 31.2. The second kappa shape index (κ2) is 6.85. The van der Waals surface area contributed by atoms with Crippen molar-refractivity contribution >= 4 is 7.60 Å². The molecule has 0 aliphatic heterocycles. The van der Waals surface area contributed by atoms with Crippen molar-refractivity contribution in [3.05, 3.63) is 71.8 Å². The molecule has 2 unspecified atom stereocenters. The first-order valence-corrected chi connectivity index (χ1v) is 8.42. The molecule has 0 aromatic heterocycles. The minimum Gasteiger partial charge on any atom is -0.324 e. The molecule has 0 spiro atoms. The van der Waals surface area contributed by atoms with E-state index < -0.39 is 7.60 Å². The summed E-state index contributed by atoms with van der Waals surface area (Å²) in [6.45, 7) is 1.79. The van der Waals surface area contributed by atoms with Gasteiger partial charge in [0.25, 0.3) is 0 Å². The topological polar surface area (TPSA) is 46.5 Å². The summed E-state index contributed by atoms with van der Waals surface area (Å²) in [6.07, 6.45) is 0.285. The Bertz CT molecular complexity index is 569. The summed E-state index contributed by atoms with van der Waals surface area (Å²) >= 11 is 0. The van der Waals surface area contributed by atoms with Crippen molar-refractivity contribution in [1.82, 2.24) is 0 Å². The van der Waals surface area contributed by atoms with Crippen LogP contribution in [0.1, 0.15) is 24.2 Å². The first kappa shape index (κ1) is 15.0. The molecule has 2 aromatic rings. The average molecular weight is 290 g/mol. The van der Waals surface area contributed by atoms with E-state index in [0.29, 0.717) is 6.42 Å². The van der Waals surface area contributed by atoms with Gasteiger partial charge in [-0.15, -0.1) is 0 Å². The lowest BCUT2D eigenvalue weighted by atomic mass is 10.1. The number of hydrogen-bond acceptors (Lipinski definition) is 2. The quantitative estimate of drug-likeness (QED) is 0.811. The lowest BCUT2D eigenvalue weighted by molar-refractivity contribution is 0.192. The summed E-state index contributed by atoms with van der Waals surface area (Å²) in [5.74, 6) is 0. The Balaban J connectivity index is 1.92. The van der Waals surface area contributed by atoms with Crippen molar-refractivity contribution in [3.8, 4) is 0 Å². The van der Waals surface area contributed by atoms with E-state index in [0.717, 1.165) is 11.1 Å². The van der Waals surface area contributed by atoms with Gasteiger partial charge in [0.15, 0.2) is 0 Å². The summed E-state index contributed by atoms with van der Waals surface area (Å²) in [5.41, 5.74) is 1.94. The van der Waals surface area contributed by atoms with Crippen molar-refractivity contribution in [2.75, 3.05) is 6.16 Å². The van der Waals surface area contributed by atoms with Crippen LogP contribution < -0.4 is 0 Å².